The molecule has 11 heteroatoms. The molecule has 0 spiro atoms. The number of primary sulfonamides is 1. The lowest BCUT2D eigenvalue weighted by Gasteiger charge is -2.19. The zero-order valence-electron chi connectivity index (χ0n) is 21.9. The molecule has 0 radical (unpaired) electrons. The lowest BCUT2D eigenvalue weighted by Crippen LogP contribution is -2.15. The molecule has 210 valence electrons. The second-order valence-electron chi connectivity index (χ2n) is 9.76. The molecule has 0 unspecified atom stereocenters. The number of para-hydroxylation sites is 1. The van der Waals surface area contributed by atoms with E-state index in [1.807, 2.05) is 48.5 Å². The van der Waals surface area contributed by atoms with Gasteiger partial charge in [0.15, 0.2) is 10.8 Å². The predicted molar refractivity (Wildman–Crippen MR) is 158 cm³/mol. The van der Waals surface area contributed by atoms with E-state index in [-0.39, 0.29) is 16.3 Å². The van der Waals surface area contributed by atoms with E-state index in [2.05, 4.69) is 10.3 Å². The van der Waals surface area contributed by atoms with Gasteiger partial charge in [-0.1, -0.05) is 42.5 Å². The first-order chi connectivity index (χ1) is 19.7. The summed E-state index contributed by atoms with van der Waals surface area (Å²) in [4.78, 5) is 15.6. The van der Waals surface area contributed by atoms with Gasteiger partial charge in [0.2, 0.25) is 10.0 Å². The molecule has 0 aliphatic heterocycles. The van der Waals surface area contributed by atoms with Gasteiger partial charge in [-0.3, -0.25) is 5.41 Å². The predicted octanol–water partition coefficient (Wildman–Crippen LogP) is 6.06. The largest absolute Gasteiger partial charge is 0.476 e. The van der Waals surface area contributed by atoms with E-state index in [9.17, 15) is 23.7 Å². The van der Waals surface area contributed by atoms with Crippen LogP contribution in [0.15, 0.2) is 100 Å². The Morgan fingerprint density at radius 2 is 1.76 bits per heavy atom. The topological polar surface area (TPSA) is 155 Å². The molecule has 1 aromatic heterocycles. The minimum atomic E-state index is -3.84. The minimum absolute atomic E-state index is 0.00734. The van der Waals surface area contributed by atoms with Gasteiger partial charge in [-0.15, -0.1) is 11.3 Å². The zero-order valence-corrected chi connectivity index (χ0v) is 23.5. The van der Waals surface area contributed by atoms with Crippen molar-refractivity contribution in [2.75, 3.05) is 5.32 Å². The first-order valence-electron chi connectivity index (χ1n) is 12.9. The van der Waals surface area contributed by atoms with Crippen molar-refractivity contribution >= 4 is 38.2 Å². The van der Waals surface area contributed by atoms with Crippen molar-refractivity contribution in [3.8, 4) is 11.5 Å². The summed E-state index contributed by atoms with van der Waals surface area (Å²) in [7, 11) is -3.84. The Morgan fingerprint density at radius 3 is 2.39 bits per heavy atom. The van der Waals surface area contributed by atoms with Gasteiger partial charge in [0.05, 0.1) is 10.6 Å². The second-order valence-corrected chi connectivity index (χ2v) is 12.2. The lowest BCUT2D eigenvalue weighted by molar-refractivity contribution is 0.0691. The smallest absolute Gasteiger partial charge is 0.355 e. The Morgan fingerprint density at radius 1 is 1.05 bits per heavy atom. The number of nitrogens with zero attached hydrogens (tertiary/aromatic N) is 1. The fraction of sp³-hybridized carbons (Fsp3) is 0.167. The van der Waals surface area contributed by atoms with Gasteiger partial charge in [-0.2, -0.15) is 0 Å². The number of aromatic carboxylic acids is 1. The van der Waals surface area contributed by atoms with Crippen molar-refractivity contribution in [2.24, 2.45) is 11.1 Å². The fourth-order valence-electron chi connectivity index (χ4n) is 4.28. The van der Waals surface area contributed by atoms with Crippen LogP contribution in [0.2, 0.25) is 0 Å². The maximum atomic E-state index is 11.8. The van der Waals surface area contributed by atoms with Crippen LogP contribution >= 0.6 is 11.3 Å². The van der Waals surface area contributed by atoms with Gasteiger partial charge in [-0.25, -0.2) is 23.3 Å². The summed E-state index contributed by atoms with van der Waals surface area (Å²) in [6, 6.07) is 22.9. The highest BCUT2D eigenvalue weighted by Crippen LogP contribution is 2.38. The third kappa shape index (κ3) is 7.46. The van der Waals surface area contributed by atoms with Gasteiger partial charge in [-0.05, 0) is 67.1 Å². The van der Waals surface area contributed by atoms with Crippen LogP contribution in [-0.2, 0) is 16.4 Å². The number of nitrogens with two attached hydrogens (primary N) is 1. The summed E-state index contributed by atoms with van der Waals surface area (Å²) < 4.78 is 29.6. The number of carboxylic acid groups (broad SMARTS) is 1. The zero-order chi connectivity index (χ0) is 29.0. The van der Waals surface area contributed by atoms with Crippen molar-refractivity contribution in [1.82, 2.24) is 4.98 Å². The fourth-order valence-corrected chi connectivity index (χ4v) is 5.51. The Kier molecular flexibility index (Phi) is 8.29. The minimum Gasteiger partial charge on any atom is -0.476 e. The monoisotopic (exact) mass is 588 g/mol. The number of anilines is 1. The normalized spacial score (nSPS) is 13.8. The number of aromatic nitrogens is 1. The lowest BCUT2D eigenvalue weighted by atomic mass is 9.92. The van der Waals surface area contributed by atoms with E-state index < -0.39 is 16.0 Å². The molecule has 9 nitrogen and oxygen atoms in total. The molecule has 0 saturated heterocycles. The van der Waals surface area contributed by atoms with Crippen LogP contribution in [0.25, 0.3) is 0 Å². The van der Waals surface area contributed by atoms with E-state index in [0.717, 1.165) is 24.1 Å². The molecule has 0 atom stereocenters. The summed E-state index contributed by atoms with van der Waals surface area (Å²) in [5.74, 6) is 0.589. The van der Waals surface area contributed by atoms with Crippen LogP contribution in [0, 0.1) is 11.3 Å². The number of hydrogen-bond acceptors (Lipinski definition) is 8. The van der Waals surface area contributed by atoms with E-state index in [1.165, 1.54) is 28.8 Å². The third-order valence-corrected chi connectivity index (χ3v) is 8.26. The third-order valence-electron chi connectivity index (χ3n) is 6.57. The first-order valence-corrected chi connectivity index (χ1v) is 15.3. The molecular formula is C30H28N4O5S2. The molecule has 3 aromatic carbocycles. The van der Waals surface area contributed by atoms with E-state index >= 15 is 0 Å². The molecule has 0 amide bonds. The Labute approximate surface area is 241 Å². The summed E-state index contributed by atoms with van der Waals surface area (Å²) in [6.45, 7) is 0. The van der Waals surface area contributed by atoms with Crippen LogP contribution in [0.5, 0.6) is 11.5 Å². The summed E-state index contributed by atoms with van der Waals surface area (Å²) >= 11 is 1.19. The van der Waals surface area contributed by atoms with E-state index in [4.69, 9.17) is 9.88 Å². The summed E-state index contributed by atoms with van der Waals surface area (Å²) in [5, 5.41) is 29.2. The second kappa shape index (κ2) is 12.0. The number of allylic oxidation sites excluding steroid dienone is 2. The molecule has 5 N–H and O–H groups in total. The molecule has 0 bridgehead atoms. The van der Waals surface area contributed by atoms with Crippen LogP contribution in [0.1, 0.15) is 40.9 Å². The molecule has 41 heavy (non-hydrogen) atoms. The van der Waals surface area contributed by atoms with Gasteiger partial charge < -0.3 is 15.2 Å². The molecule has 5 rings (SSSR count). The summed E-state index contributed by atoms with van der Waals surface area (Å²) in [5.41, 5.74) is 3.09. The number of carboxylic acids is 1. The molecular weight excluding hydrogens is 560 g/mol. The Bertz CT molecular complexity index is 1710. The average Bonchev–Trinajstić information content (AvgIpc) is 3.65. The number of carbonyl (C=O) groups is 1. The standard InChI is InChI=1S/C30H28N4O5S2/c31-28(21-5-4-8-23(17-21)39-22-6-2-1-3-7-22)25(15-19-11-13-24(14-12-19)41(32,37)38)26(16-20-9-10-20)33-30-34-27(18-40-30)29(35)36/h1-8,11-14,17-18,20,31H,9-10,15-16H2,(H,33,34)(H,35,36)(H2,32,37,38)/b26-25-,31-28?. The molecule has 1 saturated carbocycles. The van der Waals surface area contributed by atoms with Crippen LogP contribution in [0.3, 0.4) is 0 Å². The summed E-state index contributed by atoms with van der Waals surface area (Å²) in [6.07, 6.45) is 3.11. The number of sulfonamides is 1. The van der Waals surface area contributed by atoms with Crippen molar-refractivity contribution in [3.05, 3.63) is 112 Å². The number of nitrogens with one attached hydrogen (secondary N) is 2. The first kappa shape index (κ1) is 28.2. The van der Waals surface area contributed by atoms with Gasteiger partial charge in [0, 0.05) is 28.6 Å². The van der Waals surface area contributed by atoms with Gasteiger partial charge in [0.25, 0.3) is 0 Å². The molecule has 1 aliphatic rings. The number of rotatable bonds is 12. The Hall–Kier alpha value is -4.32. The number of ether oxygens (including phenoxy) is 1. The SMILES string of the molecule is N=C(/C(Cc1ccc(S(N)(=O)=O)cc1)=C(/CC1CC1)Nc1nc(C(=O)O)cs1)c1cccc(Oc2ccccc2)c1. The van der Waals surface area contributed by atoms with E-state index in [1.54, 1.807) is 18.2 Å². The molecule has 1 fully saturated rings. The number of thiazole rings is 1. The van der Waals surface area contributed by atoms with Crippen LogP contribution in [-0.4, -0.2) is 30.2 Å². The molecule has 4 aromatic rings. The van der Waals surface area contributed by atoms with Crippen LogP contribution < -0.4 is 15.2 Å². The van der Waals surface area contributed by atoms with E-state index in [0.29, 0.717) is 46.5 Å². The molecule has 1 aliphatic carbocycles. The highest BCUT2D eigenvalue weighted by molar-refractivity contribution is 7.89. The quantitative estimate of drug-likeness (QED) is 0.147. The van der Waals surface area contributed by atoms with Crippen molar-refractivity contribution < 1.29 is 23.1 Å². The van der Waals surface area contributed by atoms with Crippen molar-refractivity contribution in [2.45, 2.75) is 30.6 Å². The number of benzene rings is 3. The van der Waals surface area contributed by atoms with Crippen LogP contribution in [0.4, 0.5) is 5.13 Å². The number of hydrogen-bond donors (Lipinski definition) is 4. The van der Waals surface area contributed by atoms with Gasteiger partial charge >= 0.3 is 5.97 Å². The molecule has 1 heterocycles. The van der Waals surface area contributed by atoms with Gasteiger partial charge in [0.1, 0.15) is 11.5 Å². The maximum absolute atomic E-state index is 11.8. The highest BCUT2D eigenvalue weighted by atomic mass is 32.2. The average molecular weight is 589 g/mol. The maximum Gasteiger partial charge on any atom is 0.355 e. The van der Waals surface area contributed by atoms with Crippen molar-refractivity contribution in [3.63, 3.8) is 0 Å². The highest BCUT2D eigenvalue weighted by Gasteiger charge is 2.26. The Balaban J connectivity index is 1.54. The van der Waals surface area contributed by atoms with Crippen molar-refractivity contribution in [1.29, 1.82) is 5.41 Å².